The average Bonchev–Trinajstić information content (AvgIpc) is 2.45. The molecule has 0 aliphatic heterocycles. The third-order valence-electron chi connectivity index (χ3n) is 2.76. The van der Waals surface area contributed by atoms with Crippen LogP contribution in [0, 0.1) is 5.82 Å². The van der Waals surface area contributed by atoms with E-state index in [2.05, 4.69) is 9.71 Å². The fourth-order valence-corrected chi connectivity index (χ4v) is 3.03. The van der Waals surface area contributed by atoms with Gasteiger partial charge in [0.15, 0.2) is 5.82 Å². The van der Waals surface area contributed by atoms with Crippen LogP contribution in [0.2, 0.25) is 0 Å². The first-order valence-electron chi connectivity index (χ1n) is 6.31. The van der Waals surface area contributed by atoms with Gasteiger partial charge in [-0.15, -0.1) is 11.6 Å². The Morgan fingerprint density at radius 3 is 2.76 bits per heavy atom. The Balaban J connectivity index is 2.23. The van der Waals surface area contributed by atoms with Crippen molar-refractivity contribution in [3.05, 3.63) is 54.0 Å². The van der Waals surface area contributed by atoms with E-state index in [1.165, 1.54) is 12.3 Å². The van der Waals surface area contributed by atoms with Gasteiger partial charge >= 0.3 is 0 Å². The Labute approximate surface area is 128 Å². The van der Waals surface area contributed by atoms with Crippen LogP contribution in [0.4, 0.5) is 10.1 Å². The Bertz CT molecular complexity index is 722. The van der Waals surface area contributed by atoms with E-state index < -0.39 is 20.9 Å². The van der Waals surface area contributed by atoms with Crippen molar-refractivity contribution in [2.45, 2.75) is 17.9 Å². The van der Waals surface area contributed by atoms with Gasteiger partial charge in [-0.25, -0.2) is 9.37 Å². The summed E-state index contributed by atoms with van der Waals surface area (Å²) >= 11 is 5.63. The number of pyridine rings is 1. The molecule has 7 heteroatoms. The standard InChI is InChI=1S/C14H14ClFN2O2S/c15-8-2-5-11-4-1-6-12(10-11)18-21(19,20)14-13(16)7-3-9-17-14/h1,3-4,6-7,9-10,18H,2,5,8H2. The summed E-state index contributed by atoms with van der Waals surface area (Å²) in [7, 11) is -4.04. The highest BCUT2D eigenvalue weighted by Crippen LogP contribution is 2.18. The second kappa shape index (κ2) is 6.87. The SMILES string of the molecule is O=S(=O)(Nc1cccc(CCCCl)c1)c1ncccc1F. The van der Waals surface area contributed by atoms with Crippen LogP contribution >= 0.6 is 11.6 Å². The zero-order valence-electron chi connectivity index (χ0n) is 11.1. The molecule has 2 aromatic rings. The van der Waals surface area contributed by atoms with Gasteiger partial charge in [0.05, 0.1) is 0 Å². The first-order valence-corrected chi connectivity index (χ1v) is 8.33. The second-order valence-electron chi connectivity index (χ2n) is 4.39. The molecule has 1 heterocycles. The number of sulfonamides is 1. The predicted octanol–water partition coefficient (Wildman–Crippen LogP) is 3.19. The molecule has 0 fully saturated rings. The van der Waals surface area contributed by atoms with Crippen molar-refractivity contribution in [2.75, 3.05) is 10.6 Å². The van der Waals surface area contributed by atoms with Crippen LogP contribution in [0.1, 0.15) is 12.0 Å². The van der Waals surface area contributed by atoms with Crippen molar-refractivity contribution < 1.29 is 12.8 Å². The first kappa shape index (κ1) is 15.7. The summed E-state index contributed by atoms with van der Waals surface area (Å²) in [6.45, 7) is 0. The highest BCUT2D eigenvalue weighted by atomic mass is 35.5. The molecule has 0 aliphatic rings. The molecule has 112 valence electrons. The minimum absolute atomic E-state index is 0.368. The molecule has 1 aromatic carbocycles. The molecule has 1 N–H and O–H groups in total. The molecule has 0 amide bonds. The van der Waals surface area contributed by atoms with Crippen molar-refractivity contribution in [2.24, 2.45) is 0 Å². The van der Waals surface area contributed by atoms with Crippen molar-refractivity contribution in [1.29, 1.82) is 0 Å². The number of anilines is 1. The molecule has 0 aliphatic carbocycles. The van der Waals surface area contributed by atoms with Gasteiger partial charge in [0, 0.05) is 17.8 Å². The van der Waals surface area contributed by atoms with Crippen molar-refractivity contribution in [1.82, 2.24) is 4.98 Å². The summed E-state index contributed by atoms with van der Waals surface area (Å²) in [6.07, 6.45) is 2.78. The maximum Gasteiger partial charge on any atom is 0.282 e. The molecule has 0 bridgehead atoms. The normalized spacial score (nSPS) is 11.3. The van der Waals surface area contributed by atoms with Crippen LogP contribution < -0.4 is 4.72 Å². The maximum absolute atomic E-state index is 13.5. The fourth-order valence-electron chi connectivity index (χ4n) is 1.83. The largest absolute Gasteiger partial charge is 0.282 e. The van der Waals surface area contributed by atoms with Gasteiger partial charge in [-0.05, 0) is 42.7 Å². The Morgan fingerprint density at radius 2 is 2.05 bits per heavy atom. The molecule has 4 nitrogen and oxygen atoms in total. The van der Waals surface area contributed by atoms with E-state index in [0.717, 1.165) is 24.5 Å². The number of hydrogen-bond acceptors (Lipinski definition) is 3. The lowest BCUT2D eigenvalue weighted by Gasteiger charge is -2.09. The molecule has 0 saturated carbocycles. The van der Waals surface area contributed by atoms with E-state index in [0.29, 0.717) is 11.6 Å². The van der Waals surface area contributed by atoms with E-state index in [4.69, 9.17) is 11.6 Å². The number of nitrogens with zero attached hydrogens (tertiary/aromatic N) is 1. The van der Waals surface area contributed by atoms with Crippen molar-refractivity contribution in [3.8, 4) is 0 Å². The Morgan fingerprint density at radius 1 is 1.24 bits per heavy atom. The van der Waals surface area contributed by atoms with Crippen LogP contribution in [0.15, 0.2) is 47.6 Å². The monoisotopic (exact) mass is 328 g/mol. The molecule has 21 heavy (non-hydrogen) atoms. The summed E-state index contributed by atoms with van der Waals surface area (Å²) in [5, 5.41) is -0.615. The lowest BCUT2D eigenvalue weighted by molar-refractivity contribution is 0.557. The van der Waals surface area contributed by atoms with Crippen molar-refractivity contribution >= 4 is 27.3 Å². The molecule has 0 radical (unpaired) electrons. The number of nitrogens with one attached hydrogen (secondary N) is 1. The number of rotatable bonds is 6. The molecule has 2 rings (SSSR count). The lowest BCUT2D eigenvalue weighted by atomic mass is 10.1. The van der Waals surface area contributed by atoms with E-state index in [-0.39, 0.29) is 0 Å². The van der Waals surface area contributed by atoms with Crippen LogP contribution in [0.3, 0.4) is 0 Å². The third-order valence-corrected chi connectivity index (χ3v) is 4.34. The van der Waals surface area contributed by atoms with Crippen LogP contribution in [-0.2, 0) is 16.4 Å². The van der Waals surface area contributed by atoms with Gasteiger partial charge in [-0.3, -0.25) is 4.72 Å². The molecule has 0 unspecified atom stereocenters. The summed E-state index contributed by atoms with van der Waals surface area (Å²) in [5.74, 6) is -0.349. The minimum atomic E-state index is -4.04. The van der Waals surface area contributed by atoms with E-state index in [1.54, 1.807) is 18.2 Å². The highest BCUT2D eigenvalue weighted by Gasteiger charge is 2.20. The number of benzene rings is 1. The molecule has 0 saturated heterocycles. The van der Waals surface area contributed by atoms with E-state index in [1.807, 2.05) is 6.07 Å². The van der Waals surface area contributed by atoms with Crippen LogP contribution in [-0.4, -0.2) is 19.3 Å². The minimum Gasteiger partial charge on any atom is -0.278 e. The number of hydrogen-bond donors (Lipinski definition) is 1. The van der Waals surface area contributed by atoms with Gasteiger partial charge in [0.25, 0.3) is 10.0 Å². The summed E-state index contributed by atoms with van der Waals surface area (Å²) < 4.78 is 40.1. The van der Waals surface area contributed by atoms with Gasteiger partial charge in [0.2, 0.25) is 5.03 Å². The van der Waals surface area contributed by atoms with Crippen molar-refractivity contribution in [3.63, 3.8) is 0 Å². The maximum atomic E-state index is 13.5. The zero-order chi connectivity index (χ0) is 15.3. The number of alkyl halides is 1. The third kappa shape index (κ3) is 4.15. The van der Waals surface area contributed by atoms with Gasteiger partial charge in [-0.1, -0.05) is 12.1 Å². The summed E-state index contributed by atoms with van der Waals surface area (Å²) in [5.41, 5.74) is 1.32. The van der Waals surface area contributed by atoms with E-state index >= 15 is 0 Å². The molecule has 0 spiro atoms. The zero-order valence-corrected chi connectivity index (χ0v) is 12.7. The quantitative estimate of drug-likeness (QED) is 0.828. The summed E-state index contributed by atoms with van der Waals surface area (Å²) in [6, 6.07) is 9.30. The van der Waals surface area contributed by atoms with Gasteiger partial charge < -0.3 is 0 Å². The molecular formula is C14H14ClFN2O2S. The smallest absolute Gasteiger partial charge is 0.278 e. The number of aryl methyl sites for hydroxylation is 1. The molecule has 1 aromatic heterocycles. The summed E-state index contributed by atoms with van der Waals surface area (Å²) in [4.78, 5) is 3.58. The average molecular weight is 329 g/mol. The molecular weight excluding hydrogens is 315 g/mol. The number of aromatic nitrogens is 1. The molecule has 0 atom stereocenters. The Hall–Kier alpha value is -1.66. The Kier molecular flexibility index (Phi) is 5.14. The second-order valence-corrected chi connectivity index (χ2v) is 6.36. The van der Waals surface area contributed by atoms with Gasteiger partial charge in [0.1, 0.15) is 0 Å². The predicted molar refractivity (Wildman–Crippen MR) is 80.5 cm³/mol. The fraction of sp³-hybridized carbons (Fsp3) is 0.214. The topological polar surface area (TPSA) is 59.1 Å². The van der Waals surface area contributed by atoms with Crippen LogP contribution in [0.5, 0.6) is 0 Å². The highest BCUT2D eigenvalue weighted by molar-refractivity contribution is 7.92. The number of halogens is 2. The van der Waals surface area contributed by atoms with E-state index in [9.17, 15) is 12.8 Å². The lowest BCUT2D eigenvalue weighted by Crippen LogP contribution is -2.16. The van der Waals surface area contributed by atoms with Crippen LogP contribution in [0.25, 0.3) is 0 Å². The van der Waals surface area contributed by atoms with Gasteiger partial charge in [-0.2, -0.15) is 8.42 Å². The first-order chi connectivity index (χ1) is 10.0.